The zero-order chi connectivity index (χ0) is 23.2. The molecule has 1 amide bonds. The van der Waals surface area contributed by atoms with E-state index in [4.69, 9.17) is 14.5 Å². The smallest absolute Gasteiger partial charge is 0.337 e. The van der Waals surface area contributed by atoms with E-state index in [1.54, 1.807) is 17.4 Å². The summed E-state index contributed by atoms with van der Waals surface area (Å²) in [5.41, 5.74) is 2.26. The van der Waals surface area contributed by atoms with E-state index in [1.807, 2.05) is 53.4 Å². The van der Waals surface area contributed by atoms with Crippen LogP contribution in [0.2, 0.25) is 0 Å². The largest absolute Gasteiger partial charge is 0.484 e. The summed E-state index contributed by atoms with van der Waals surface area (Å²) in [4.78, 5) is 33.1. The number of hydrogen-bond donors (Lipinski definition) is 0. The van der Waals surface area contributed by atoms with Crippen LogP contribution in [0, 0.1) is 0 Å². The first-order valence-electron chi connectivity index (χ1n) is 11.3. The average Bonchev–Trinajstić information content (AvgIpc) is 3.32. The highest BCUT2D eigenvalue weighted by molar-refractivity contribution is 7.12. The third-order valence-corrected chi connectivity index (χ3v) is 7.11. The zero-order valence-electron chi connectivity index (χ0n) is 19.0. The number of piperidine rings is 1. The maximum absolute atomic E-state index is 13.1. The molecule has 6 nitrogen and oxygen atoms in total. The molecular formula is C26H28N2O4S. The number of aryl methyl sites for hydroxylation is 1. The van der Waals surface area contributed by atoms with E-state index in [1.165, 1.54) is 7.11 Å². The van der Waals surface area contributed by atoms with Crippen LogP contribution in [0.25, 0.3) is 11.3 Å². The summed E-state index contributed by atoms with van der Waals surface area (Å²) in [7, 11) is 1.38. The number of amides is 1. The van der Waals surface area contributed by atoms with Gasteiger partial charge in [-0.25, -0.2) is 9.78 Å². The number of nitrogens with zero attached hydrogens (tertiary/aromatic N) is 2. The van der Waals surface area contributed by atoms with Crippen molar-refractivity contribution in [2.24, 2.45) is 0 Å². The minimum absolute atomic E-state index is 0.0144. The van der Waals surface area contributed by atoms with Gasteiger partial charge in [-0.2, -0.15) is 0 Å². The van der Waals surface area contributed by atoms with Gasteiger partial charge in [0.25, 0.3) is 5.91 Å². The average molecular weight is 465 g/mol. The quantitative estimate of drug-likeness (QED) is 0.444. The van der Waals surface area contributed by atoms with E-state index in [-0.39, 0.29) is 24.5 Å². The highest BCUT2D eigenvalue weighted by Gasteiger charge is 2.31. The standard InChI is InChI=1S/C26H28N2O4S/c1-3-22-24(18-10-9-11-19(16-18)26(30)31-2)27-25(33-22)21-14-7-8-15-28(21)23(29)17-32-20-12-5-4-6-13-20/h4-6,9-13,16,21H,3,7-8,14-15,17H2,1-2H3/t21-/m1/s1. The van der Waals surface area contributed by atoms with Crippen molar-refractivity contribution in [3.63, 3.8) is 0 Å². The highest BCUT2D eigenvalue weighted by Crippen LogP contribution is 2.38. The molecule has 3 aromatic rings. The molecular weight excluding hydrogens is 436 g/mol. The molecule has 1 atom stereocenters. The summed E-state index contributed by atoms with van der Waals surface area (Å²) in [6.07, 6.45) is 3.75. The Labute approximate surface area is 198 Å². The van der Waals surface area contributed by atoms with Crippen LogP contribution in [0.15, 0.2) is 54.6 Å². The molecule has 0 radical (unpaired) electrons. The summed E-state index contributed by atoms with van der Waals surface area (Å²) >= 11 is 1.65. The van der Waals surface area contributed by atoms with Gasteiger partial charge in [0.05, 0.1) is 24.4 Å². The maximum Gasteiger partial charge on any atom is 0.337 e. The van der Waals surface area contributed by atoms with Crippen molar-refractivity contribution in [3.8, 4) is 17.0 Å². The Bertz CT molecular complexity index is 1110. The third-order valence-electron chi connectivity index (χ3n) is 5.81. The van der Waals surface area contributed by atoms with Gasteiger partial charge in [0.1, 0.15) is 10.8 Å². The van der Waals surface area contributed by atoms with Crippen molar-refractivity contribution in [1.82, 2.24) is 9.88 Å². The lowest BCUT2D eigenvalue weighted by atomic mass is 10.0. The van der Waals surface area contributed by atoms with Gasteiger partial charge in [0, 0.05) is 17.0 Å². The topological polar surface area (TPSA) is 68.7 Å². The van der Waals surface area contributed by atoms with Crippen LogP contribution in [0.4, 0.5) is 0 Å². The second-order valence-electron chi connectivity index (χ2n) is 7.95. The molecule has 33 heavy (non-hydrogen) atoms. The van der Waals surface area contributed by atoms with Crippen LogP contribution in [0.1, 0.15) is 52.5 Å². The van der Waals surface area contributed by atoms with Crippen molar-refractivity contribution < 1.29 is 19.1 Å². The molecule has 7 heteroatoms. The number of thiazole rings is 1. The Balaban J connectivity index is 1.57. The number of aromatic nitrogens is 1. The summed E-state index contributed by atoms with van der Waals surface area (Å²) in [5, 5.41) is 0.943. The number of benzene rings is 2. The van der Waals surface area contributed by atoms with Crippen LogP contribution >= 0.6 is 11.3 Å². The van der Waals surface area contributed by atoms with Crippen molar-refractivity contribution in [1.29, 1.82) is 0 Å². The van der Waals surface area contributed by atoms with Gasteiger partial charge in [-0.3, -0.25) is 4.79 Å². The van der Waals surface area contributed by atoms with Gasteiger partial charge >= 0.3 is 5.97 Å². The van der Waals surface area contributed by atoms with E-state index in [0.29, 0.717) is 17.9 Å². The van der Waals surface area contributed by atoms with Crippen molar-refractivity contribution >= 4 is 23.2 Å². The van der Waals surface area contributed by atoms with E-state index in [0.717, 1.165) is 46.8 Å². The minimum atomic E-state index is -0.368. The van der Waals surface area contributed by atoms with Gasteiger partial charge in [-0.1, -0.05) is 37.3 Å². The van der Waals surface area contributed by atoms with Gasteiger partial charge in [-0.05, 0) is 49.9 Å². The van der Waals surface area contributed by atoms with Crippen LogP contribution in [0.5, 0.6) is 5.75 Å². The number of ether oxygens (including phenoxy) is 2. The normalized spacial score (nSPS) is 15.8. The number of carbonyl (C=O) groups excluding carboxylic acids is 2. The van der Waals surface area contributed by atoms with Crippen LogP contribution in [-0.4, -0.2) is 42.0 Å². The fourth-order valence-corrected chi connectivity index (χ4v) is 5.30. The highest BCUT2D eigenvalue weighted by atomic mass is 32.1. The maximum atomic E-state index is 13.1. The molecule has 4 rings (SSSR count). The molecule has 172 valence electrons. The lowest BCUT2D eigenvalue weighted by Gasteiger charge is -2.34. The van der Waals surface area contributed by atoms with Crippen LogP contribution in [0.3, 0.4) is 0 Å². The number of likely N-dealkylation sites (tertiary alicyclic amines) is 1. The Morgan fingerprint density at radius 3 is 2.70 bits per heavy atom. The van der Waals surface area contributed by atoms with Crippen molar-refractivity contribution in [2.45, 2.75) is 38.6 Å². The molecule has 1 saturated heterocycles. The summed E-state index contributed by atoms with van der Waals surface area (Å²) in [5.74, 6) is 0.300. The summed E-state index contributed by atoms with van der Waals surface area (Å²) in [6.45, 7) is 2.82. The number of hydrogen-bond acceptors (Lipinski definition) is 6. The first-order valence-corrected chi connectivity index (χ1v) is 12.1. The Kier molecular flexibility index (Phi) is 7.40. The Morgan fingerprint density at radius 1 is 1.12 bits per heavy atom. The fourth-order valence-electron chi connectivity index (χ4n) is 4.12. The molecule has 0 aliphatic carbocycles. The second kappa shape index (κ2) is 10.6. The molecule has 0 unspecified atom stereocenters. The lowest BCUT2D eigenvalue weighted by Crippen LogP contribution is -2.41. The number of carbonyl (C=O) groups is 2. The molecule has 1 aliphatic rings. The number of rotatable bonds is 7. The van der Waals surface area contributed by atoms with Crippen LogP contribution in [-0.2, 0) is 16.0 Å². The number of methoxy groups -OCH3 is 1. The van der Waals surface area contributed by atoms with E-state index < -0.39 is 0 Å². The Morgan fingerprint density at radius 2 is 1.94 bits per heavy atom. The predicted octanol–water partition coefficient (Wildman–Crippen LogP) is 5.29. The minimum Gasteiger partial charge on any atom is -0.484 e. The summed E-state index contributed by atoms with van der Waals surface area (Å²) in [6, 6.07) is 16.7. The van der Waals surface area contributed by atoms with E-state index >= 15 is 0 Å². The second-order valence-corrected chi connectivity index (χ2v) is 9.07. The van der Waals surface area contributed by atoms with Crippen molar-refractivity contribution in [3.05, 3.63) is 70.0 Å². The SMILES string of the molecule is CCc1sc([C@H]2CCCCN2C(=O)COc2ccccc2)nc1-c1cccc(C(=O)OC)c1. The first kappa shape index (κ1) is 23.0. The third kappa shape index (κ3) is 5.25. The molecule has 0 N–H and O–H groups in total. The van der Waals surface area contributed by atoms with Gasteiger partial charge in [0.2, 0.25) is 0 Å². The number of esters is 1. The molecule has 1 aromatic heterocycles. The number of para-hydroxylation sites is 1. The molecule has 2 aromatic carbocycles. The summed E-state index contributed by atoms with van der Waals surface area (Å²) < 4.78 is 10.6. The molecule has 1 aliphatic heterocycles. The zero-order valence-corrected chi connectivity index (χ0v) is 19.8. The molecule has 1 fully saturated rings. The molecule has 0 spiro atoms. The first-order chi connectivity index (χ1) is 16.1. The van der Waals surface area contributed by atoms with Crippen molar-refractivity contribution in [2.75, 3.05) is 20.3 Å². The monoisotopic (exact) mass is 464 g/mol. The Hall–Kier alpha value is -3.19. The fraction of sp³-hybridized carbons (Fsp3) is 0.346. The van der Waals surface area contributed by atoms with Crippen LogP contribution < -0.4 is 4.74 Å². The van der Waals surface area contributed by atoms with Gasteiger partial charge in [-0.15, -0.1) is 11.3 Å². The predicted molar refractivity (Wildman–Crippen MR) is 129 cm³/mol. The van der Waals surface area contributed by atoms with E-state index in [9.17, 15) is 9.59 Å². The van der Waals surface area contributed by atoms with Gasteiger partial charge in [0.15, 0.2) is 6.61 Å². The lowest BCUT2D eigenvalue weighted by molar-refractivity contribution is -0.137. The molecule has 2 heterocycles. The van der Waals surface area contributed by atoms with E-state index in [2.05, 4.69) is 6.92 Å². The molecule has 0 saturated carbocycles. The van der Waals surface area contributed by atoms with Gasteiger partial charge < -0.3 is 14.4 Å². The molecule has 0 bridgehead atoms.